The van der Waals surface area contributed by atoms with Crippen LogP contribution in [0.25, 0.3) is 101 Å². The molecule has 0 atom stereocenters. The summed E-state index contributed by atoms with van der Waals surface area (Å²) in [5.74, 6) is 3.07. The van der Waals surface area contributed by atoms with Gasteiger partial charge in [0.15, 0.2) is 29.1 Å². The highest BCUT2D eigenvalue weighted by atomic mass is 35.5. The minimum Gasteiger partial charge on any atom is -0.412 e. The molecule has 2 radical (unpaired) electrons. The Hall–Kier alpha value is -12.6. The average molecular weight is 1330 g/mol. The van der Waals surface area contributed by atoms with Crippen LogP contribution in [0.5, 0.6) is 0 Å². The number of aromatic nitrogens is 6. The number of halogens is 1. The van der Waals surface area contributed by atoms with Crippen LogP contribution in [0.15, 0.2) is 376 Å². The molecule has 8 nitrogen and oxygen atoms in total. The predicted molar refractivity (Wildman–Crippen MR) is 416 cm³/mol. The maximum atomic E-state index is 6.24. The van der Waals surface area contributed by atoms with Gasteiger partial charge in [-0.15, -0.1) is 0 Å². The maximum Gasteiger partial charge on any atom is 0.226 e. The summed E-state index contributed by atoms with van der Waals surface area (Å²) in [7, 11) is 6.24. The van der Waals surface area contributed by atoms with Gasteiger partial charge >= 0.3 is 0 Å². The van der Waals surface area contributed by atoms with E-state index in [2.05, 4.69) is 300 Å². The van der Waals surface area contributed by atoms with E-state index >= 15 is 0 Å². The van der Waals surface area contributed by atoms with Crippen LogP contribution in [0.4, 0.5) is 0 Å². The van der Waals surface area contributed by atoms with Crippen molar-refractivity contribution in [3.63, 3.8) is 0 Å². The fraction of sp³-hybridized carbons (Fsp3) is 0.0217. The number of benzene rings is 14. The fourth-order valence-electron chi connectivity index (χ4n) is 14.5. The second-order valence-corrected chi connectivity index (χ2v) is 25.1. The third kappa shape index (κ3) is 12.6. The summed E-state index contributed by atoms with van der Waals surface area (Å²) in [6, 6.07) is 131. The third-order valence-electron chi connectivity index (χ3n) is 19.0. The van der Waals surface area contributed by atoms with Crippen molar-refractivity contribution in [1.82, 2.24) is 29.9 Å². The lowest BCUT2D eigenvalue weighted by atomic mass is 9.67. The van der Waals surface area contributed by atoms with Crippen LogP contribution in [-0.2, 0) is 10.8 Å². The molecule has 0 saturated heterocycles. The molecular weight excluding hydrogens is 1270 g/mol. The van der Waals surface area contributed by atoms with E-state index in [1.54, 1.807) is 0 Å². The molecule has 486 valence electrons. The number of fused-ring (bicyclic) bond motifs is 6. The van der Waals surface area contributed by atoms with E-state index in [0.29, 0.717) is 29.1 Å². The second kappa shape index (κ2) is 29.4. The van der Waals surface area contributed by atoms with Crippen molar-refractivity contribution in [2.24, 2.45) is 0 Å². The van der Waals surface area contributed by atoms with E-state index in [1.165, 1.54) is 77.9 Å². The molecule has 2 aliphatic carbocycles. The Morgan fingerprint density at radius 1 is 0.206 bits per heavy atom. The first-order valence-electron chi connectivity index (χ1n) is 33.5. The van der Waals surface area contributed by atoms with Gasteiger partial charge in [0.1, 0.15) is 7.85 Å². The van der Waals surface area contributed by atoms with Crippen molar-refractivity contribution < 1.29 is 11.0 Å². The van der Waals surface area contributed by atoms with Gasteiger partial charge in [-0.1, -0.05) is 376 Å². The molecule has 16 aromatic rings. The highest BCUT2D eigenvalue weighted by molar-refractivity contribution is 6.32. The normalized spacial score (nSPS) is 12.2. The van der Waals surface area contributed by atoms with Gasteiger partial charge in [-0.3, -0.25) is 0 Å². The molecule has 10 heteroatoms. The zero-order valence-electron chi connectivity index (χ0n) is 55.4. The Morgan fingerprint density at radius 3 is 0.804 bits per heavy atom. The minimum absolute atomic E-state index is 0. The highest BCUT2D eigenvalue weighted by Gasteiger charge is 2.47. The van der Waals surface area contributed by atoms with Crippen LogP contribution in [0, 0.1) is 0 Å². The average Bonchev–Trinajstić information content (AvgIpc) is 1.54. The summed E-state index contributed by atoms with van der Waals surface area (Å²) >= 11 is 6.11. The molecule has 0 spiro atoms. The Balaban J connectivity index is 0.000000141. The topological polar surface area (TPSA) is 140 Å². The zero-order chi connectivity index (χ0) is 67.2. The van der Waals surface area contributed by atoms with E-state index < -0.39 is 5.41 Å². The van der Waals surface area contributed by atoms with E-state index in [-0.39, 0.29) is 21.7 Å². The lowest BCUT2D eigenvalue weighted by molar-refractivity contribution is 0.768. The first-order chi connectivity index (χ1) is 49.4. The van der Waals surface area contributed by atoms with Crippen molar-refractivity contribution in [3.8, 4) is 101 Å². The van der Waals surface area contributed by atoms with Crippen molar-refractivity contribution in [2.45, 2.75) is 10.8 Å². The number of nitrogens with zero attached hydrogens (tertiary/aromatic N) is 6. The molecule has 18 rings (SSSR count). The highest BCUT2D eigenvalue weighted by Crippen LogP contribution is 2.58. The molecule has 4 N–H and O–H groups in total. The summed E-state index contributed by atoms with van der Waals surface area (Å²) in [5.41, 5.74) is 24.3. The molecule has 0 saturated carbocycles. The maximum absolute atomic E-state index is 6.24. The van der Waals surface area contributed by atoms with Crippen LogP contribution in [0.2, 0.25) is 5.28 Å². The molecular formula is C92H66BClN6O2. The number of hydrogen-bond donors (Lipinski definition) is 0. The van der Waals surface area contributed by atoms with E-state index in [9.17, 15) is 0 Å². The van der Waals surface area contributed by atoms with Crippen LogP contribution < -0.4 is 5.46 Å². The largest absolute Gasteiger partial charge is 0.412 e. The van der Waals surface area contributed by atoms with Gasteiger partial charge in [0.05, 0.1) is 10.8 Å². The van der Waals surface area contributed by atoms with Crippen molar-refractivity contribution in [3.05, 3.63) is 426 Å². The zero-order valence-corrected chi connectivity index (χ0v) is 56.2. The van der Waals surface area contributed by atoms with Gasteiger partial charge < -0.3 is 11.0 Å². The number of rotatable bonds is 11. The molecule has 0 fully saturated rings. The van der Waals surface area contributed by atoms with E-state index in [1.807, 2.05) is 91.0 Å². The van der Waals surface area contributed by atoms with Crippen molar-refractivity contribution in [2.75, 3.05) is 0 Å². The molecule has 14 aromatic carbocycles. The quantitative estimate of drug-likeness (QED) is 0.118. The number of hydrogen-bond acceptors (Lipinski definition) is 6. The first-order valence-corrected chi connectivity index (χ1v) is 33.8. The Morgan fingerprint density at radius 2 is 0.441 bits per heavy atom. The molecule has 0 unspecified atom stereocenters. The van der Waals surface area contributed by atoms with Crippen LogP contribution in [0.3, 0.4) is 0 Å². The van der Waals surface area contributed by atoms with Crippen LogP contribution in [0.1, 0.15) is 44.5 Å². The molecule has 102 heavy (non-hydrogen) atoms. The third-order valence-corrected chi connectivity index (χ3v) is 19.2. The summed E-state index contributed by atoms with van der Waals surface area (Å²) in [6.07, 6.45) is 0. The van der Waals surface area contributed by atoms with Gasteiger partial charge in [0, 0.05) is 27.8 Å². The molecule has 2 heterocycles. The van der Waals surface area contributed by atoms with Gasteiger partial charge in [-0.2, -0.15) is 9.97 Å². The molecule has 0 aliphatic heterocycles. The van der Waals surface area contributed by atoms with E-state index in [4.69, 9.17) is 34.4 Å². The van der Waals surface area contributed by atoms with Gasteiger partial charge in [0.2, 0.25) is 5.28 Å². The fourth-order valence-corrected chi connectivity index (χ4v) is 14.6. The summed E-state index contributed by atoms with van der Waals surface area (Å²) in [6.45, 7) is 0. The molecule has 0 amide bonds. The molecule has 0 bridgehead atoms. The lowest BCUT2D eigenvalue weighted by Gasteiger charge is -2.34. The summed E-state index contributed by atoms with van der Waals surface area (Å²) in [4.78, 5) is 28.3. The summed E-state index contributed by atoms with van der Waals surface area (Å²) in [5, 5.41) is 0.191. The van der Waals surface area contributed by atoms with E-state index in [0.717, 1.165) is 44.4 Å². The Labute approximate surface area is 600 Å². The van der Waals surface area contributed by atoms with Gasteiger partial charge in [0.25, 0.3) is 0 Å². The SMILES string of the molecule is Clc1nc(-c2ccccc2)nc(-c2ccc(-c3ccccc3)cc2)n1.O.O.[B]c1ccc2c(c1)C(c1ccccc1)(c1ccccc1)c1ccccc1-2.c1ccc(-c2ccc(-c3nc(-c4ccccc4)nc(-c4ccc5c(c4)C(c4ccccc4)(c4ccccc4)c4ccccc4-5)n3)cc2)cc1. The monoisotopic (exact) mass is 1330 g/mol. The van der Waals surface area contributed by atoms with Gasteiger partial charge in [-0.25, -0.2) is 19.9 Å². The van der Waals surface area contributed by atoms with Gasteiger partial charge in [-0.05, 0) is 107 Å². The molecule has 2 aliphatic rings. The Kier molecular flexibility index (Phi) is 19.2. The van der Waals surface area contributed by atoms with Crippen molar-refractivity contribution >= 4 is 24.9 Å². The lowest BCUT2D eigenvalue weighted by Crippen LogP contribution is -2.29. The second-order valence-electron chi connectivity index (χ2n) is 24.8. The molecule has 2 aromatic heterocycles. The Bertz CT molecular complexity index is 5460. The van der Waals surface area contributed by atoms with Crippen molar-refractivity contribution in [1.29, 1.82) is 0 Å². The van der Waals surface area contributed by atoms with Crippen LogP contribution >= 0.6 is 11.6 Å². The summed E-state index contributed by atoms with van der Waals surface area (Å²) < 4.78 is 0. The predicted octanol–water partition coefficient (Wildman–Crippen LogP) is 19.6. The first kappa shape index (κ1) is 66.6. The smallest absolute Gasteiger partial charge is 0.226 e. The standard InChI is InChI=1S/C46H31N3.C25H17B.C21H14ClN3.2H2O/c1-5-15-32(16-6-1)33-25-27-35(28-26-33)44-47-43(34-17-7-2-8-18-34)48-45(49-44)36-29-30-40-39-23-13-14-24-41(39)46(42(40)31-36,37-19-9-3-10-20-37)38-21-11-4-12-22-38;26-20-15-16-22-21-13-7-8-14-23(21)25(24(22)17-20,18-9-3-1-4-10-18)19-11-5-2-6-12-19;22-21-24-19(17-9-5-2-6-10-17)23-20(25-21)18-13-11-16(12-14-18)15-7-3-1-4-8-15;;/h1-31H;1-17H;1-14H;2*1H2. The van der Waals surface area contributed by atoms with Crippen LogP contribution in [-0.4, -0.2) is 48.7 Å². The minimum atomic E-state index is -0.504.